The third-order valence-corrected chi connectivity index (χ3v) is 6.00. The van der Waals surface area contributed by atoms with Crippen LogP contribution in [0.2, 0.25) is 0 Å². The van der Waals surface area contributed by atoms with Crippen molar-refractivity contribution in [2.45, 2.75) is 65.1 Å². The molecule has 7 nitrogen and oxygen atoms in total. The third kappa shape index (κ3) is 4.65. The summed E-state index contributed by atoms with van der Waals surface area (Å²) < 4.78 is 19.2. The van der Waals surface area contributed by atoms with E-state index in [2.05, 4.69) is 0 Å². The van der Waals surface area contributed by atoms with Gasteiger partial charge in [-0.15, -0.1) is 0 Å². The summed E-state index contributed by atoms with van der Waals surface area (Å²) in [6, 6.07) is 6.01. The van der Waals surface area contributed by atoms with E-state index in [9.17, 15) is 14.0 Å². The molecule has 1 atom stereocenters. The van der Waals surface area contributed by atoms with Gasteiger partial charge in [0.2, 0.25) is 11.8 Å². The third-order valence-electron chi connectivity index (χ3n) is 6.00. The number of likely N-dealkylation sites (tertiary alicyclic amines) is 1. The number of ether oxygens (including phenoxy) is 1. The van der Waals surface area contributed by atoms with Crippen LogP contribution in [0, 0.1) is 12.7 Å². The lowest BCUT2D eigenvalue weighted by Gasteiger charge is -2.31. The lowest BCUT2D eigenvalue weighted by atomic mass is 10.0. The van der Waals surface area contributed by atoms with Crippen LogP contribution in [-0.4, -0.2) is 45.9 Å². The average Bonchev–Trinajstić information content (AvgIpc) is 3.24. The highest BCUT2D eigenvalue weighted by Gasteiger charge is 2.35. The van der Waals surface area contributed by atoms with Crippen LogP contribution in [0.4, 0.5) is 10.2 Å². The molecule has 2 aliphatic heterocycles. The van der Waals surface area contributed by atoms with Crippen molar-refractivity contribution in [2.24, 2.45) is 0 Å². The number of aryl methyl sites for hydroxylation is 1. The van der Waals surface area contributed by atoms with Crippen molar-refractivity contribution in [3.63, 3.8) is 0 Å². The number of fused-ring (bicyclic) bond motifs is 1. The van der Waals surface area contributed by atoms with Gasteiger partial charge in [0.15, 0.2) is 5.82 Å². The van der Waals surface area contributed by atoms with Crippen molar-refractivity contribution < 1.29 is 18.7 Å². The SMILES string of the molecule is Cc1nc([C@@H]2CCCN2C(=O)COC(C)C)nc2c1CCC(=O)N2Cc1cccc(F)c1. The number of nitrogens with zero attached hydrogens (tertiary/aromatic N) is 4. The Balaban J connectivity index is 1.64. The molecule has 2 aliphatic rings. The molecule has 0 N–H and O–H groups in total. The number of benzene rings is 1. The van der Waals surface area contributed by atoms with Crippen LogP contribution >= 0.6 is 0 Å². The molecule has 0 unspecified atom stereocenters. The largest absolute Gasteiger partial charge is 0.369 e. The Labute approximate surface area is 187 Å². The Morgan fingerprint density at radius 2 is 2.09 bits per heavy atom. The quantitative estimate of drug-likeness (QED) is 0.687. The minimum atomic E-state index is -0.338. The van der Waals surface area contributed by atoms with E-state index >= 15 is 0 Å². The first-order valence-electron chi connectivity index (χ1n) is 11.2. The predicted molar refractivity (Wildman–Crippen MR) is 117 cm³/mol. The second-order valence-corrected chi connectivity index (χ2v) is 8.68. The zero-order valence-electron chi connectivity index (χ0n) is 18.8. The Kier molecular flexibility index (Phi) is 6.50. The fraction of sp³-hybridized carbons (Fsp3) is 0.500. The second kappa shape index (κ2) is 9.32. The molecule has 2 aromatic rings. The number of amides is 2. The standard InChI is InChI=1S/C24H29FN4O3/c1-15(2)32-14-22(31)28-11-5-8-20(28)23-26-16(3)19-9-10-21(30)29(24(19)27-23)13-17-6-4-7-18(25)12-17/h4,6-7,12,15,20H,5,8-11,13-14H2,1-3H3/t20-/m0/s1. The highest BCUT2D eigenvalue weighted by Crippen LogP contribution is 2.35. The Hall–Kier alpha value is -2.87. The van der Waals surface area contributed by atoms with E-state index in [1.807, 2.05) is 20.8 Å². The van der Waals surface area contributed by atoms with Crippen LogP contribution in [0.3, 0.4) is 0 Å². The Morgan fingerprint density at radius 3 is 2.84 bits per heavy atom. The van der Waals surface area contributed by atoms with Gasteiger partial charge in [0.1, 0.15) is 18.2 Å². The monoisotopic (exact) mass is 440 g/mol. The fourth-order valence-corrected chi connectivity index (χ4v) is 4.39. The Bertz CT molecular complexity index is 1030. The van der Waals surface area contributed by atoms with Crippen molar-refractivity contribution in [1.29, 1.82) is 0 Å². The summed E-state index contributed by atoms with van der Waals surface area (Å²) >= 11 is 0. The van der Waals surface area contributed by atoms with Gasteiger partial charge in [-0.05, 0) is 57.7 Å². The molecule has 4 rings (SSSR count). The number of halogens is 1. The van der Waals surface area contributed by atoms with Crippen LogP contribution < -0.4 is 4.90 Å². The zero-order valence-corrected chi connectivity index (χ0v) is 18.8. The summed E-state index contributed by atoms with van der Waals surface area (Å²) in [5, 5.41) is 0. The molecule has 1 saturated heterocycles. The van der Waals surface area contributed by atoms with Gasteiger partial charge >= 0.3 is 0 Å². The van der Waals surface area contributed by atoms with Gasteiger partial charge in [-0.25, -0.2) is 14.4 Å². The van der Waals surface area contributed by atoms with Gasteiger partial charge in [0.25, 0.3) is 0 Å². The predicted octanol–water partition coefficient (Wildman–Crippen LogP) is 3.49. The van der Waals surface area contributed by atoms with Gasteiger partial charge in [-0.1, -0.05) is 12.1 Å². The summed E-state index contributed by atoms with van der Waals surface area (Å²) in [4.78, 5) is 38.5. The van der Waals surface area contributed by atoms with Crippen molar-refractivity contribution >= 4 is 17.6 Å². The molecule has 2 amide bonds. The lowest BCUT2D eigenvalue weighted by Crippen LogP contribution is -2.38. The lowest BCUT2D eigenvalue weighted by molar-refractivity contribution is -0.138. The number of carbonyl (C=O) groups excluding carboxylic acids is 2. The van der Waals surface area contributed by atoms with E-state index in [1.54, 1.807) is 21.9 Å². The maximum absolute atomic E-state index is 13.7. The first-order valence-corrected chi connectivity index (χ1v) is 11.2. The normalized spacial score (nSPS) is 18.4. The maximum atomic E-state index is 13.7. The molecule has 8 heteroatoms. The highest BCUT2D eigenvalue weighted by atomic mass is 19.1. The summed E-state index contributed by atoms with van der Waals surface area (Å²) in [6.45, 7) is 6.63. The minimum Gasteiger partial charge on any atom is -0.369 e. The summed E-state index contributed by atoms with van der Waals surface area (Å²) in [5.74, 6) is 0.667. The van der Waals surface area contributed by atoms with E-state index in [1.165, 1.54) is 12.1 Å². The first kappa shape index (κ1) is 22.3. The van der Waals surface area contributed by atoms with E-state index < -0.39 is 0 Å². The number of carbonyl (C=O) groups is 2. The Morgan fingerprint density at radius 1 is 1.28 bits per heavy atom. The van der Waals surface area contributed by atoms with Gasteiger partial charge < -0.3 is 9.64 Å². The number of aromatic nitrogens is 2. The molecule has 1 aromatic heterocycles. The molecular weight excluding hydrogens is 411 g/mol. The van der Waals surface area contributed by atoms with Crippen molar-refractivity contribution in [2.75, 3.05) is 18.1 Å². The highest BCUT2D eigenvalue weighted by molar-refractivity contribution is 5.95. The zero-order chi connectivity index (χ0) is 22.8. The molecule has 0 aliphatic carbocycles. The number of anilines is 1. The van der Waals surface area contributed by atoms with Gasteiger partial charge in [-0.2, -0.15) is 0 Å². The van der Waals surface area contributed by atoms with Gasteiger partial charge in [-0.3, -0.25) is 14.5 Å². The molecule has 0 spiro atoms. The van der Waals surface area contributed by atoms with Crippen LogP contribution in [0.25, 0.3) is 0 Å². The minimum absolute atomic E-state index is 0.0235. The number of hydrogen-bond donors (Lipinski definition) is 0. The van der Waals surface area contributed by atoms with Crippen LogP contribution in [0.1, 0.15) is 61.8 Å². The second-order valence-electron chi connectivity index (χ2n) is 8.68. The summed E-state index contributed by atoms with van der Waals surface area (Å²) in [6.07, 6.45) is 2.55. The summed E-state index contributed by atoms with van der Waals surface area (Å²) in [5.41, 5.74) is 2.45. The number of rotatable bonds is 6. The van der Waals surface area contributed by atoms with E-state index in [0.29, 0.717) is 36.6 Å². The molecule has 0 bridgehead atoms. The molecular formula is C24H29FN4O3. The van der Waals surface area contributed by atoms with Gasteiger partial charge in [0.05, 0.1) is 18.7 Å². The summed E-state index contributed by atoms with van der Waals surface area (Å²) in [7, 11) is 0. The van der Waals surface area contributed by atoms with Crippen molar-refractivity contribution in [3.8, 4) is 0 Å². The van der Waals surface area contributed by atoms with Gasteiger partial charge in [0, 0.05) is 24.2 Å². The maximum Gasteiger partial charge on any atom is 0.249 e. The molecule has 1 aromatic carbocycles. The van der Waals surface area contributed by atoms with Crippen LogP contribution in [0.5, 0.6) is 0 Å². The smallest absolute Gasteiger partial charge is 0.249 e. The molecule has 3 heterocycles. The molecule has 0 saturated carbocycles. The van der Waals surface area contributed by atoms with Crippen molar-refractivity contribution in [1.82, 2.24) is 14.9 Å². The average molecular weight is 441 g/mol. The molecule has 1 fully saturated rings. The molecule has 32 heavy (non-hydrogen) atoms. The fourth-order valence-electron chi connectivity index (χ4n) is 4.39. The first-order chi connectivity index (χ1) is 15.3. The van der Waals surface area contributed by atoms with Crippen LogP contribution in [-0.2, 0) is 27.3 Å². The van der Waals surface area contributed by atoms with E-state index in [0.717, 1.165) is 24.1 Å². The molecule has 0 radical (unpaired) electrons. The molecule has 170 valence electrons. The van der Waals surface area contributed by atoms with Crippen molar-refractivity contribution in [3.05, 3.63) is 52.7 Å². The van der Waals surface area contributed by atoms with Crippen LogP contribution in [0.15, 0.2) is 24.3 Å². The van der Waals surface area contributed by atoms with E-state index in [-0.39, 0.29) is 42.9 Å². The van der Waals surface area contributed by atoms with E-state index in [4.69, 9.17) is 14.7 Å². The topological polar surface area (TPSA) is 75.6 Å². The number of hydrogen-bond acceptors (Lipinski definition) is 5.